The molecule has 0 fully saturated rings. The van der Waals surface area contributed by atoms with Gasteiger partial charge in [-0.2, -0.15) is 5.10 Å². The lowest BCUT2D eigenvalue weighted by molar-refractivity contribution is -0.123. The zero-order valence-electron chi connectivity index (χ0n) is 16.8. The molecule has 9 heteroatoms. The van der Waals surface area contributed by atoms with Crippen LogP contribution in [0.2, 0.25) is 5.02 Å². The van der Waals surface area contributed by atoms with Gasteiger partial charge in [0.1, 0.15) is 6.04 Å². The molecule has 0 aliphatic heterocycles. The van der Waals surface area contributed by atoms with E-state index in [9.17, 15) is 14.7 Å². The van der Waals surface area contributed by atoms with Crippen molar-refractivity contribution in [2.75, 3.05) is 7.11 Å². The van der Waals surface area contributed by atoms with Gasteiger partial charge in [-0.15, -0.1) is 0 Å². The number of phenols is 1. The second kappa shape index (κ2) is 11.0. The second-order valence-corrected chi connectivity index (χ2v) is 8.29. The van der Waals surface area contributed by atoms with E-state index in [0.717, 1.165) is 0 Å². The second-order valence-electron chi connectivity index (χ2n) is 6.94. The standard InChI is InChI=1S/C21H23BrClN3O4/c1-12(2)8-17(25-20(28)13-4-6-16(23)7-5-13)21(29)26-24-11-14-9-15(22)10-18(30-3)19(14)27/h4-7,9-12,17,27H,8H2,1-3H3,(H,25,28)(H,26,29)/b24-11+. The van der Waals surface area contributed by atoms with Gasteiger partial charge in [-0.05, 0) is 48.7 Å². The molecule has 0 spiro atoms. The lowest BCUT2D eigenvalue weighted by Gasteiger charge is -2.19. The van der Waals surface area contributed by atoms with Crippen LogP contribution in [0.3, 0.4) is 0 Å². The van der Waals surface area contributed by atoms with Crippen LogP contribution in [0.1, 0.15) is 36.2 Å². The number of carbonyl (C=O) groups is 2. The molecular formula is C21H23BrClN3O4. The number of rotatable bonds is 8. The smallest absolute Gasteiger partial charge is 0.262 e. The fourth-order valence-corrected chi connectivity index (χ4v) is 3.22. The third kappa shape index (κ3) is 6.74. The van der Waals surface area contributed by atoms with E-state index in [2.05, 4.69) is 31.8 Å². The minimum atomic E-state index is -0.782. The lowest BCUT2D eigenvalue weighted by atomic mass is 10.0. The molecule has 0 aliphatic carbocycles. The Bertz CT molecular complexity index is 933. The number of methoxy groups -OCH3 is 1. The molecular weight excluding hydrogens is 474 g/mol. The van der Waals surface area contributed by atoms with Crippen molar-refractivity contribution < 1.29 is 19.4 Å². The first-order chi connectivity index (χ1) is 14.2. The maximum atomic E-state index is 12.6. The average molecular weight is 497 g/mol. The van der Waals surface area contributed by atoms with Crippen molar-refractivity contribution >= 4 is 45.6 Å². The maximum Gasteiger partial charge on any atom is 0.262 e. The summed E-state index contributed by atoms with van der Waals surface area (Å²) < 4.78 is 5.76. The number of halogens is 2. The van der Waals surface area contributed by atoms with E-state index >= 15 is 0 Å². The Kier molecular flexibility index (Phi) is 8.68. The number of benzene rings is 2. The van der Waals surface area contributed by atoms with Gasteiger partial charge < -0.3 is 15.2 Å². The summed E-state index contributed by atoms with van der Waals surface area (Å²) in [6.07, 6.45) is 1.73. The number of aromatic hydroxyl groups is 1. The molecule has 30 heavy (non-hydrogen) atoms. The van der Waals surface area contributed by atoms with Crippen LogP contribution in [0, 0.1) is 5.92 Å². The van der Waals surface area contributed by atoms with E-state index in [4.69, 9.17) is 16.3 Å². The molecule has 0 saturated carbocycles. The molecule has 2 aromatic rings. The number of hydrogen-bond donors (Lipinski definition) is 3. The van der Waals surface area contributed by atoms with Crippen molar-refractivity contribution in [3.05, 3.63) is 57.0 Å². The van der Waals surface area contributed by atoms with Crippen LogP contribution in [0.15, 0.2) is 46.0 Å². The zero-order valence-corrected chi connectivity index (χ0v) is 19.1. The van der Waals surface area contributed by atoms with Gasteiger partial charge in [0.15, 0.2) is 11.5 Å². The Morgan fingerprint density at radius 2 is 1.93 bits per heavy atom. The van der Waals surface area contributed by atoms with Crippen molar-refractivity contribution in [3.8, 4) is 11.5 Å². The van der Waals surface area contributed by atoms with Crippen LogP contribution in [0.4, 0.5) is 0 Å². The molecule has 3 N–H and O–H groups in total. The van der Waals surface area contributed by atoms with Crippen molar-refractivity contribution in [2.45, 2.75) is 26.3 Å². The number of amides is 2. The molecule has 2 amide bonds. The third-order valence-corrected chi connectivity index (χ3v) is 4.81. The maximum absolute atomic E-state index is 12.6. The molecule has 0 saturated heterocycles. The number of phenolic OH excluding ortho intramolecular Hbond substituents is 1. The topological polar surface area (TPSA) is 100 Å². The van der Waals surface area contributed by atoms with E-state index in [1.54, 1.807) is 36.4 Å². The summed E-state index contributed by atoms with van der Waals surface area (Å²) in [7, 11) is 1.43. The molecule has 0 radical (unpaired) electrons. The average Bonchev–Trinajstić information content (AvgIpc) is 2.69. The van der Waals surface area contributed by atoms with E-state index in [-0.39, 0.29) is 23.3 Å². The van der Waals surface area contributed by atoms with Crippen LogP contribution < -0.4 is 15.5 Å². The van der Waals surface area contributed by atoms with Crippen molar-refractivity contribution in [1.82, 2.24) is 10.7 Å². The highest BCUT2D eigenvalue weighted by molar-refractivity contribution is 9.10. The SMILES string of the molecule is COc1cc(Br)cc(/C=N/NC(=O)C(CC(C)C)NC(=O)c2ccc(Cl)cc2)c1O. The first-order valence-corrected chi connectivity index (χ1v) is 10.3. The van der Waals surface area contributed by atoms with Gasteiger partial charge in [-0.25, -0.2) is 5.43 Å². The van der Waals surface area contributed by atoms with Crippen LogP contribution in [-0.2, 0) is 4.79 Å². The Morgan fingerprint density at radius 1 is 1.27 bits per heavy atom. The van der Waals surface area contributed by atoms with E-state index in [1.807, 2.05) is 13.8 Å². The van der Waals surface area contributed by atoms with Gasteiger partial charge in [0.05, 0.1) is 13.3 Å². The first-order valence-electron chi connectivity index (χ1n) is 9.17. The summed E-state index contributed by atoms with van der Waals surface area (Å²) in [6, 6.07) is 8.84. The molecule has 2 aromatic carbocycles. The monoisotopic (exact) mass is 495 g/mol. The normalized spacial score (nSPS) is 12.1. The van der Waals surface area contributed by atoms with Crippen molar-refractivity contribution in [1.29, 1.82) is 0 Å². The van der Waals surface area contributed by atoms with Crippen molar-refractivity contribution in [2.24, 2.45) is 11.0 Å². The molecule has 0 heterocycles. The van der Waals surface area contributed by atoms with Crippen LogP contribution in [0.25, 0.3) is 0 Å². The summed E-state index contributed by atoms with van der Waals surface area (Å²) >= 11 is 9.17. The minimum Gasteiger partial charge on any atom is -0.504 e. The zero-order chi connectivity index (χ0) is 22.3. The van der Waals surface area contributed by atoms with Crippen LogP contribution in [0.5, 0.6) is 11.5 Å². The highest BCUT2D eigenvalue weighted by atomic mass is 79.9. The van der Waals surface area contributed by atoms with Gasteiger partial charge in [-0.3, -0.25) is 9.59 Å². The third-order valence-electron chi connectivity index (χ3n) is 4.10. The highest BCUT2D eigenvalue weighted by Gasteiger charge is 2.22. The van der Waals surface area contributed by atoms with E-state index < -0.39 is 11.9 Å². The van der Waals surface area contributed by atoms with Gasteiger partial charge >= 0.3 is 0 Å². The summed E-state index contributed by atoms with van der Waals surface area (Å²) in [5.41, 5.74) is 3.17. The van der Waals surface area contributed by atoms with Gasteiger partial charge in [-0.1, -0.05) is 41.4 Å². The number of hydrogen-bond acceptors (Lipinski definition) is 5. The summed E-state index contributed by atoms with van der Waals surface area (Å²) in [5.74, 6) is -0.526. The number of hydrazone groups is 1. The lowest BCUT2D eigenvalue weighted by Crippen LogP contribution is -2.46. The summed E-state index contributed by atoms with van der Waals surface area (Å²) in [4.78, 5) is 25.1. The van der Waals surface area contributed by atoms with E-state index in [1.165, 1.54) is 13.3 Å². The predicted octanol–water partition coefficient (Wildman–Crippen LogP) is 4.11. The molecule has 7 nitrogen and oxygen atoms in total. The molecule has 0 bridgehead atoms. The highest BCUT2D eigenvalue weighted by Crippen LogP contribution is 2.32. The van der Waals surface area contributed by atoms with Crippen LogP contribution >= 0.6 is 27.5 Å². The summed E-state index contributed by atoms with van der Waals surface area (Å²) in [5, 5.41) is 17.3. The first kappa shape index (κ1) is 23.7. The van der Waals surface area contributed by atoms with Crippen molar-refractivity contribution in [3.63, 3.8) is 0 Å². The number of nitrogens with zero attached hydrogens (tertiary/aromatic N) is 1. The fraction of sp³-hybridized carbons (Fsp3) is 0.286. The largest absolute Gasteiger partial charge is 0.504 e. The quantitative estimate of drug-likeness (QED) is 0.378. The van der Waals surface area contributed by atoms with Gasteiger partial charge in [0.2, 0.25) is 0 Å². The Morgan fingerprint density at radius 3 is 2.53 bits per heavy atom. The molecule has 0 aliphatic rings. The Labute approximate surface area is 188 Å². The number of carbonyl (C=O) groups excluding carboxylic acids is 2. The Hall–Kier alpha value is -2.58. The molecule has 160 valence electrons. The summed E-state index contributed by atoms with van der Waals surface area (Å²) in [6.45, 7) is 3.90. The van der Waals surface area contributed by atoms with E-state index in [0.29, 0.717) is 27.0 Å². The molecule has 1 atom stereocenters. The molecule has 1 unspecified atom stereocenters. The van der Waals surface area contributed by atoms with Gasteiger partial charge in [0, 0.05) is 20.6 Å². The van der Waals surface area contributed by atoms with Gasteiger partial charge in [0.25, 0.3) is 11.8 Å². The number of nitrogens with one attached hydrogen (secondary N) is 2. The van der Waals surface area contributed by atoms with Crippen LogP contribution in [-0.4, -0.2) is 36.3 Å². The number of ether oxygens (including phenoxy) is 1. The Balaban J connectivity index is 2.10. The molecule has 0 aromatic heterocycles. The fourth-order valence-electron chi connectivity index (χ4n) is 2.64. The minimum absolute atomic E-state index is 0.103. The molecule has 2 rings (SSSR count). The predicted molar refractivity (Wildman–Crippen MR) is 120 cm³/mol.